The molecule has 88 valence electrons. The predicted molar refractivity (Wildman–Crippen MR) is 77.6 cm³/mol. The summed E-state index contributed by atoms with van der Waals surface area (Å²) in [7, 11) is 0. The van der Waals surface area contributed by atoms with E-state index in [1.807, 2.05) is 36.4 Å². The number of benzene rings is 2. The summed E-state index contributed by atoms with van der Waals surface area (Å²) in [6.45, 7) is 0.370. The van der Waals surface area contributed by atoms with E-state index >= 15 is 0 Å². The van der Waals surface area contributed by atoms with Gasteiger partial charge in [0.05, 0.1) is 3.57 Å². The van der Waals surface area contributed by atoms with Gasteiger partial charge in [-0.25, -0.2) is 4.39 Å². The molecule has 0 saturated heterocycles. The highest BCUT2D eigenvalue weighted by Crippen LogP contribution is 2.29. The Kier molecular flexibility index (Phi) is 4.39. The highest BCUT2D eigenvalue weighted by atomic mass is 127. The van der Waals surface area contributed by atoms with E-state index in [0.717, 1.165) is 9.13 Å². The van der Waals surface area contributed by atoms with Crippen molar-refractivity contribution in [3.05, 3.63) is 61.9 Å². The van der Waals surface area contributed by atoms with Crippen molar-refractivity contribution in [2.75, 3.05) is 0 Å². The first-order valence-corrected chi connectivity index (χ1v) is 6.85. The van der Waals surface area contributed by atoms with Crippen LogP contribution in [0.25, 0.3) is 0 Å². The number of ether oxygens (including phenoxy) is 1. The van der Waals surface area contributed by atoms with Crippen LogP contribution >= 0.6 is 38.5 Å². The molecule has 0 heterocycles. The SMILES string of the molecule is Fc1cc(Br)cc(I)c1OCc1ccccc1. The standard InChI is InChI=1S/C13H9BrFIO/c14-10-6-11(15)13(12(16)7-10)17-8-9-4-2-1-3-5-9/h1-7H,8H2. The lowest BCUT2D eigenvalue weighted by Crippen LogP contribution is -1.99. The Morgan fingerprint density at radius 3 is 2.53 bits per heavy atom. The molecule has 0 unspecified atom stereocenters. The first kappa shape index (κ1) is 12.8. The Morgan fingerprint density at radius 2 is 1.88 bits per heavy atom. The molecule has 2 rings (SSSR count). The highest BCUT2D eigenvalue weighted by molar-refractivity contribution is 14.1. The van der Waals surface area contributed by atoms with E-state index in [0.29, 0.717) is 16.8 Å². The molecular formula is C13H9BrFIO. The lowest BCUT2D eigenvalue weighted by molar-refractivity contribution is 0.288. The number of halogens is 3. The molecule has 0 aliphatic rings. The van der Waals surface area contributed by atoms with Crippen molar-refractivity contribution >= 4 is 38.5 Å². The van der Waals surface area contributed by atoms with Crippen molar-refractivity contribution in [3.8, 4) is 5.75 Å². The van der Waals surface area contributed by atoms with Crippen LogP contribution in [0.15, 0.2) is 46.9 Å². The van der Waals surface area contributed by atoms with E-state index in [9.17, 15) is 4.39 Å². The molecule has 0 radical (unpaired) electrons. The quantitative estimate of drug-likeness (QED) is 0.667. The summed E-state index contributed by atoms with van der Waals surface area (Å²) < 4.78 is 20.6. The van der Waals surface area contributed by atoms with E-state index < -0.39 is 0 Å². The molecule has 17 heavy (non-hydrogen) atoms. The first-order chi connectivity index (χ1) is 8.16. The van der Waals surface area contributed by atoms with Gasteiger partial charge in [-0.2, -0.15) is 0 Å². The van der Waals surface area contributed by atoms with Crippen LogP contribution in [0.5, 0.6) is 5.75 Å². The molecule has 0 spiro atoms. The largest absolute Gasteiger partial charge is 0.485 e. The summed E-state index contributed by atoms with van der Waals surface area (Å²) in [4.78, 5) is 0. The fourth-order valence-electron chi connectivity index (χ4n) is 1.40. The van der Waals surface area contributed by atoms with Crippen molar-refractivity contribution in [2.45, 2.75) is 6.61 Å². The minimum absolute atomic E-state index is 0.303. The second-order valence-electron chi connectivity index (χ2n) is 3.47. The van der Waals surface area contributed by atoms with Crippen LogP contribution in [0.4, 0.5) is 4.39 Å². The summed E-state index contributed by atoms with van der Waals surface area (Å²) in [5.74, 6) is -0.0441. The van der Waals surface area contributed by atoms with Crippen LogP contribution in [0.3, 0.4) is 0 Å². The van der Waals surface area contributed by atoms with Crippen molar-refractivity contribution in [1.29, 1.82) is 0 Å². The molecule has 0 aliphatic carbocycles. The second kappa shape index (κ2) is 5.82. The Morgan fingerprint density at radius 1 is 1.18 bits per heavy atom. The van der Waals surface area contributed by atoms with Gasteiger partial charge in [-0.15, -0.1) is 0 Å². The third-order valence-electron chi connectivity index (χ3n) is 2.19. The highest BCUT2D eigenvalue weighted by Gasteiger charge is 2.09. The average molecular weight is 407 g/mol. The van der Waals surface area contributed by atoms with Crippen LogP contribution in [-0.4, -0.2) is 0 Å². The summed E-state index contributed by atoms with van der Waals surface area (Å²) in [6, 6.07) is 12.9. The molecule has 2 aromatic rings. The number of hydrogen-bond acceptors (Lipinski definition) is 1. The van der Waals surface area contributed by atoms with Gasteiger partial charge in [-0.1, -0.05) is 46.3 Å². The lowest BCUT2D eigenvalue weighted by atomic mass is 10.2. The Balaban J connectivity index is 2.15. The van der Waals surface area contributed by atoms with Gasteiger partial charge in [-0.05, 0) is 40.3 Å². The van der Waals surface area contributed by atoms with Crippen LogP contribution in [0.1, 0.15) is 5.56 Å². The third-order valence-corrected chi connectivity index (χ3v) is 3.45. The van der Waals surface area contributed by atoms with Crippen LogP contribution < -0.4 is 4.74 Å². The molecule has 0 fully saturated rings. The van der Waals surface area contributed by atoms with Gasteiger partial charge in [0.15, 0.2) is 11.6 Å². The summed E-state index contributed by atoms with van der Waals surface area (Å²) in [5, 5.41) is 0. The minimum Gasteiger partial charge on any atom is -0.485 e. The fourth-order valence-corrected chi connectivity index (χ4v) is 3.00. The van der Waals surface area contributed by atoms with E-state index in [2.05, 4.69) is 38.5 Å². The molecule has 0 amide bonds. The molecule has 0 bridgehead atoms. The first-order valence-electron chi connectivity index (χ1n) is 4.98. The normalized spacial score (nSPS) is 10.3. The third kappa shape index (κ3) is 3.42. The van der Waals surface area contributed by atoms with Gasteiger partial charge >= 0.3 is 0 Å². The van der Waals surface area contributed by atoms with Crippen molar-refractivity contribution < 1.29 is 9.13 Å². The maximum absolute atomic E-state index is 13.7. The summed E-state index contributed by atoms with van der Waals surface area (Å²) >= 11 is 5.30. The predicted octanol–water partition coefficient (Wildman–Crippen LogP) is 4.77. The molecule has 0 saturated carbocycles. The molecule has 0 atom stereocenters. The number of rotatable bonds is 3. The average Bonchev–Trinajstić information content (AvgIpc) is 2.29. The maximum Gasteiger partial charge on any atom is 0.168 e. The van der Waals surface area contributed by atoms with Gasteiger partial charge in [0.1, 0.15) is 6.61 Å². The molecule has 0 N–H and O–H groups in total. The second-order valence-corrected chi connectivity index (χ2v) is 5.55. The van der Waals surface area contributed by atoms with Gasteiger partial charge in [0.2, 0.25) is 0 Å². The topological polar surface area (TPSA) is 9.23 Å². The van der Waals surface area contributed by atoms with Crippen molar-refractivity contribution in [2.24, 2.45) is 0 Å². The molecule has 4 heteroatoms. The summed E-state index contributed by atoms with van der Waals surface area (Å²) in [5.41, 5.74) is 1.02. The zero-order chi connectivity index (χ0) is 12.3. The number of hydrogen-bond donors (Lipinski definition) is 0. The smallest absolute Gasteiger partial charge is 0.168 e. The van der Waals surface area contributed by atoms with E-state index in [4.69, 9.17) is 4.74 Å². The van der Waals surface area contributed by atoms with Gasteiger partial charge < -0.3 is 4.74 Å². The van der Waals surface area contributed by atoms with Crippen LogP contribution in [0, 0.1) is 9.39 Å². The molecule has 0 aliphatic heterocycles. The lowest BCUT2D eigenvalue weighted by Gasteiger charge is -2.09. The Hall–Kier alpha value is -0.620. The van der Waals surface area contributed by atoms with Crippen LogP contribution in [0.2, 0.25) is 0 Å². The van der Waals surface area contributed by atoms with E-state index in [1.165, 1.54) is 6.07 Å². The zero-order valence-corrected chi connectivity index (χ0v) is 12.5. The molecule has 1 nitrogen and oxygen atoms in total. The maximum atomic E-state index is 13.7. The van der Waals surface area contributed by atoms with Crippen LogP contribution in [-0.2, 0) is 6.61 Å². The van der Waals surface area contributed by atoms with Gasteiger partial charge in [-0.3, -0.25) is 0 Å². The summed E-state index contributed by atoms with van der Waals surface area (Å²) in [6.07, 6.45) is 0. The minimum atomic E-state index is -0.347. The van der Waals surface area contributed by atoms with Crippen molar-refractivity contribution in [3.63, 3.8) is 0 Å². The Labute approximate surface area is 121 Å². The monoisotopic (exact) mass is 406 g/mol. The van der Waals surface area contributed by atoms with E-state index in [-0.39, 0.29) is 5.82 Å². The molecular weight excluding hydrogens is 398 g/mol. The van der Waals surface area contributed by atoms with E-state index in [1.54, 1.807) is 0 Å². The molecule has 0 aromatic heterocycles. The molecule has 2 aromatic carbocycles. The Bertz CT molecular complexity index is 493. The zero-order valence-electron chi connectivity index (χ0n) is 8.79. The van der Waals surface area contributed by atoms with Crippen molar-refractivity contribution in [1.82, 2.24) is 0 Å². The van der Waals surface area contributed by atoms with Gasteiger partial charge in [0, 0.05) is 4.47 Å². The fraction of sp³-hybridized carbons (Fsp3) is 0.0769. The van der Waals surface area contributed by atoms with Gasteiger partial charge in [0.25, 0.3) is 0 Å².